The fourth-order valence-electron chi connectivity index (χ4n) is 4.08. The zero-order valence-corrected chi connectivity index (χ0v) is 15.3. The van der Waals surface area contributed by atoms with Crippen molar-refractivity contribution in [1.29, 1.82) is 0 Å². The summed E-state index contributed by atoms with van der Waals surface area (Å²) in [5, 5.41) is 6.73. The van der Waals surface area contributed by atoms with E-state index in [9.17, 15) is 9.59 Å². The summed E-state index contributed by atoms with van der Waals surface area (Å²) in [5.74, 6) is -0.138. The van der Waals surface area contributed by atoms with Crippen molar-refractivity contribution in [1.82, 2.24) is 19.9 Å². The van der Waals surface area contributed by atoms with Crippen molar-refractivity contribution in [2.45, 2.75) is 38.0 Å². The predicted octanol–water partition coefficient (Wildman–Crippen LogP) is 1.34. The molecule has 1 N–H and O–H groups in total. The minimum absolute atomic E-state index is 0.00237. The van der Waals surface area contributed by atoms with E-state index < -0.39 is 0 Å². The zero-order chi connectivity index (χ0) is 18.8. The second-order valence-corrected chi connectivity index (χ2v) is 7.20. The normalized spacial score (nSPS) is 25.1. The third-order valence-electron chi connectivity index (χ3n) is 5.55. The van der Waals surface area contributed by atoms with E-state index in [2.05, 4.69) is 10.5 Å². The van der Waals surface area contributed by atoms with Crippen LogP contribution in [0, 0.1) is 5.92 Å². The molecule has 0 spiro atoms. The lowest BCUT2D eigenvalue weighted by Crippen LogP contribution is -2.57. The zero-order valence-electron chi connectivity index (χ0n) is 15.3. The Bertz CT molecular complexity index is 801. The number of carbonyl (C=O) groups is 2. The summed E-state index contributed by atoms with van der Waals surface area (Å²) in [5.41, 5.74) is 1.35. The first-order valence-corrected chi connectivity index (χ1v) is 9.34. The Morgan fingerprint density at radius 3 is 2.96 bits per heavy atom. The molecule has 2 aromatic rings. The van der Waals surface area contributed by atoms with Gasteiger partial charge in [-0.25, -0.2) is 0 Å². The van der Waals surface area contributed by atoms with Crippen LogP contribution in [0.1, 0.15) is 35.4 Å². The van der Waals surface area contributed by atoms with Gasteiger partial charge in [0.2, 0.25) is 5.91 Å². The van der Waals surface area contributed by atoms with Gasteiger partial charge in [0, 0.05) is 31.8 Å². The van der Waals surface area contributed by atoms with Crippen LogP contribution in [-0.2, 0) is 23.1 Å². The van der Waals surface area contributed by atoms with Crippen LogP contribution in [-0.4, -0.2) is 51.7 Å². The molecule has 0 aromatic carbocycles. The van der Waals surface area contributed by atoms with E-state index in [0.717, 1.165) is 12.8 Å². The van der Waals surface area contributed by atoms with Crippen LogP contribution in [0.25, 0.3) is 0 Å². The molecule has 0 bridgehead atoms. The van der Waals surface area contributed by atoms with E-state index in [0.29, 0.717) is 37.5 Å². The molecule has 1 saturated carbocycles. The molecule has 1 saturated heterocycles. The smallest absolute Gasteiger partial charge is 0.270 e. The van der Waals surface area contributed by atoms with Gasteiger partial charge < -0.3 is 24.0 Å². The van der Waals surface area contributed by atoms with Gasteiger partial charge in [-0.1, -0.05) is 5.16 Å². The van der Waals surface area contributed by atoms with Crippen molar-refractivity contribution in [3.63, 3.8) is 0 Å². The molecule has 1 aliphatic carbocycles. The van der Waals surface area contributed by atoms with Crippen LogP contribution in [0.5, 0.6) is 0 Å². The Morgan fingerprint density at radius 2 is 2.22 bits per heavy atom. The van der Waals surface area contributed by atoms with Gasteiger partial charge in [-0.2, -0.15) is 0 Å². The number of amides is 2. The molecule has 2 aliphatic rings. The largest absolute Gasteiger partial charge is 0.374 e. The molecule has 0 radical (unpaired) electrons. The third kappa shape index (κ3) is 3.62. The Morgan fingerprint density at radius 1 is 1.33 bits per heavy atom. The number of aromatic nitrogens is 2. The second-order valence-electron chi connectivity index (χ2n) is 7.20. The summed E-state index contributed by atoms with van der Waals surface area (Å²) in [4.78, 5) is 27.5. The molecule has 1 aliphatic heterocycles. The van der Waals surface area contributed by atoms with Crippen LogP contribution in [0.15, 0.2) is 35.2 Å². The van der Waals surface area contributed by atoms with E-state index in [-0.39, 0.29) is 29.9 Å². The summed E-state index contributed by atoms with van der Waals surface area (Å²) in [7, 11) is 1.87. The number of ether oxygens (including phenoxy) is 1. The number of rotatable bonds is 4. The predicted molar refractivity (Wildman–Crippen MR) is 95.7 cm³/mol. The number of nitrogens with one attached hydrogen (secondary N) is 1. The van der Waals surface area contributed by atoms with E-state index in [4.69, 9.17) is 9.26 Å². The number of fused-ring (bicyclic) bond motifs is 1. The van der Waals surface area contributed by atoms with Crippen LogP contribution in [0.3, 0.4) is 0 Å². The highest BCUT2D eigenvalue weighted by Gasteiger charge is 2.42. The van der Waals surface area contributed by atoms with Crippen LogP contribution < -0.4 is 5.32 Å². The quantitative estimate of drug-likeness (QED) is 0.875. The molecule has 2 aromatic heterocycles. The first-order chi connectivity index (χ1) is 13.1. The van der Waals surface area contributed by atoms with Gasteiger partial charge in [-0.3, -0.25) is 9.59 Å². The number of hydrogen-bond donors (Lipinski definition) is 1. The maximum Gasteiger partial charge on any atom is 0.270 e. The molecule has 3 heterocycles. The van der Waals surface area contributed by atoms with Crippen molar-refractivity contribution in [2.24, 2.45) is 13.0 Å². The average Bonchev–Trinajstić information content (AvgIpc) is 3.36. The topological polar surface area (TPSA) is 89.6 Å². The lowest BCUT2D eigenvalue weighted by Gasteiger charge is -2.45. The second kappa shape index (κ2) is 7.56. The molecular weight excluding hydrogens is 348 g/mol. The number of hydrogen-bond acceptors (Lipinski definition) is 5. The van der Waals surface area contributed by atoms with Crippen molar-refractivity contribution in [2.75, 3.05) is 13.2 Å². The lowest BCUT2D eigenvalue weighted by molar-refractivity contribution is -0.131. The Balaban J connectivity index is 1.43. The minimum Gasteiger partial charge on any atom is -0.374 e. The van der Waals surface area contributed by atoms with Crippen molar-refractivity contribution < 1.29 is 18.8 Å². The highest BCUT2D eigenvalue weighted by molar-refractivity contribution is 5.93. The van der Waals surface area contributed by atoms with Crippen molar-refractivity contribution in [3.05, 3.63) is 42.0 Å². The molecule has 2 fully saturated rings. The number of nitrogens with zero attached hydrogens (tertiary/aromatic N) is 3. The van der Waals surface area contributed by atoms with Gasteiger partial charge in [-0.15, -0.1) is 0 Å². The molecule has 3 atom stereocenters. The Hall–Kier alpha value is -2.61. The molecule has 8 nitrogen and oxygen atoms in total. The summed E-state index contributed by atoms with van der Waals surface area (Å²) in [6, 6.07) is 5.36. The molecule has 8 heteroatoms. The van der Waals surface area contributed by atoms with Gasteiger partial charge in [0.25, 0.3) is 5.91 Å². The highest BCUT2D eigenvalue weighted by Crippen LogP contribution is 2.33. The molecule has 144 valence electrons. The summed E-state index contributed by atoms with van der Waals surface area (Å²) < 4.78 is 12.5. The Labute approximate surface area is 157 Å². The first kappa shape index (κ1) is 17.8. The number of morpholine rings is 1. The van der Waals surface area contributed by atoms with Gasteiger partial charge in [0.05, 0.1) is 25.3 Å². The maximum absolute atomic E-state index is 13.0. The number of aryl methyl sites for hydroxylation is 1. The summed E-state index contributed by atoms with van der Waals surface area (Å²) in [6.07, 6.45) is 5.51. The van der Waals surface area contributed by atoms with E-state index in [1.54, 1.807) is 6.07 Å². The molecule has 0 unspecified atom stereocenters. The van der Waals surface area contributed by atoms with Gasteiger partial charge in [0.1, 0.15) is 17.7 Å². The molecular formula is C19H24N4O4. The fourth-order valence-corrected chi connectivity index (χ4v) is 4.08. The maximum atomic E-state index is 13.0. The summed E-state index contributed by atoms with van der Waals surface area (Å²) >= 11 is 0. The van der Waals surface area contributed by atoms with Crippen LogP contribution in [0.4, 0.5) is 0 Å². The number of carbonyl (C=O) groups excluding carboxylic acids is 2. The fraction of sp³-hybridized carbons (Fsp3) is 0.526. The molecule has 2 amide bonds. The third-order valence-corrected chi connectivity index (χ3v) is 5.55. The van der Waals surface area contributed by atoms with Gasteiger partial charge in [-0.05, 0) is 31.4 Å². The summed E-state index contributed by atoms with van der Waals surface area (Å²) in [6.45, 7) is 1.45. The van der Waals surface area contributed by atoms with E-state index >= 15 is 0 Å². The lowest BCUT2D eigenvalue weighted by atomic mass is 9.81. The monoisotopic (exact) mass is 372 g/mol. The first-order valence-electron chi connectivity index (χ1n) is 9.34. The highest BCUT2D eigenvalue weighted by atomic mass is 16.5. The SMILES string of the molecule is Cn1cccc1C(=O)N1CCO[C@@H]2CC[C@H](C(=O)NCc3ccon3)C[C@H]21. The standard InChI is InChI=1S/C19H24N4O4/c1-22-7-2-3-15(22)19(25)23-8-10-26-17-5-4-13(11-16(17)23)18(24)20-12-14-6-9-27-21-14/h2-3,6-7,9,13,16-17H,4-5,8,10-12H2,1H3,(H,20,24)/t13-,16+,17+/m0/s1. The Kier molecular flexibility index (Phi) is 4.98. The minimum atomic E-state index is -0.136. The van der Waals surface area contributed by atoms with Crippen LogP contribution >= 0.6 is 0 Å². The van der Waals surface area contributed by atoms with Gasteiger partial charge >= 0.3 is 0 Å². The molecule has 27 heavy (non-hydrogen) atoms. The van der Waals surface area contributed by atoms with E-state index in [1.165, 1.54) is 6.26 Å². The average molecular weight is 372 g/mol. The van der Waals surface area contributed by atoms with Crippen LogP contribution in [0.2, 0.25) is 0 Å². The van der Waals surface area contributed by atoms with Gasteiger partial charge in [0.15, 0.2) is 0 Å². The van der Waals surface area contributed by atoms with E-state index in [1.807, 2.05) is 34.8 Å². The molecule has 4 rings (SSSR count). The van der Waals surface area contributed by atoms with Crippen molar-refractivity contribution in [3.8, 4) is 0 Å². The van der Waals surface area contributed by atoms with Crippen molar-refractivity contribution >= 4 is 11.8 Å².